The molecule has 0 spiro atoms. The summed E-state index contributed by atoms with van der Waals surface area (Å²) in [5, 5.41) is 3.94. The molecule has 1 saturated carbocycles. The van der Waals surface area contributed by atoms with Crippen LogP contribution in [0.1, 0.15) is 71.6 Å². The van der Waals surface area contributed by atoms with Crippen molar-refractivity contribution in [2.24, 2.45) is 11.8 Å². The second kappa shape index (κ2) is 6.05. The minimum absolute atomic E-state index is 0.839. The molecule has 2 rings (SSSR count). The van der Waals surface area contributed by atoms with Crippen LogP contribution in [0.5, 0.6) is 0 Å². The summed E-state index contributed by atoms with van der Waals surface area (Å²) in [6, 6.07) is 1.71. The Morgan fingerprint density at radius 3 is 2.50 bits per heavy atom. The monoisotopic (exact) mass is 223 g/mol. The number of hydrogen-bond donors (Lipinski definition) is 1. The minimum Gasteiger partial charge on any atom is -0.311 e. The van der Waals surface area contributed by atoms with Gasteiger partial charge >= 0.3 is 0 Å². The van der Waals surface area contributed by atoms with Crippen LogP contribution < -0.4 is 5.32 Å². The van der Waals surface area contributed by atoms with E-state index in [1.54, 1.807) is 0 Å². The molecule has 1 N–H and O–H groups in total. The summed E-state index contributed by atoms with van der Waals surface area (Å²) in [4.78, 5) is 0. The highest BCUT2D eigenvalue weighted by Crippen LogP contribution is 2.39. The predicted octanol–water partition coefficient (Wildman–Crippen LogP) is 4.12. The minimum atomic E-state index is 0.839. The van der Waals surface area contributed by atoms with Crippen molar-refractivity contribution < 1.29 is 0 Å². The maximum Gasteiger partial charge on any atom is 0.0101 e. The molecule has 1 aliphatic heterocycles. The van der Waals surface area contributed by atoms with Gasteiger partial charge < -0.3 is 5.32 Å². The van der Waals surface area contributed by atoms with E-state index in [0.717, 1.165) is 23.9 Å². The number of rotatable bonds is 4. The van der Waals surface area contributed by atoms with Crippen molar-refractivity contribution in [2.75, 3.05) is 0 Å². The Labute approximate surface area is 101 Å². The molecule has 1 aliphatic carbocycles. The van der Waals surface area contributed by atoms with E-state index in [4.69, 9.17) is 0 Å². The third-order valence-corrected chi connectivity index (χ3v) is 4.81. The standard InChI is InChI=1S/C15H29N/c1-3-6-12-8-5-9-15-14(12)11-10-13(16-15)7-4-2/h12-16H,3-11H2,1-2H3/t12-,13+,14-,15-/m0/s1. The van der Waals surface area contributed by atoms with Crippen LogP contribution >= 0.6 is 0 Å². The first-order valence-electron chi connectivity index (χ1n) is 7.61. The fourth-order valence-electron chi connectivity index (χ4n) is 4.09. The number of piperidine rings is 1. The fraction of sp³-hybridized carbons (Fsp3) is 1.00. The van der Waals surface area contributed by atoms with E-state index in [1.165, 1.54) is 57.8 Å². The third kappa shape index (κ3) is 2.80. The van der Waals surface area contributed by atoms with Gasteiger partial charge in [-0.2, -0.15) is 0 Å². The molecule has 16 heavy (non-hydrogen) atoms. The average molecular weight is 223 g/mol. The van der Waals surface area contributed by atoms with Gasteiger partial charge in [0.15, 0.2) is 0 Å². The molecular weight excluding hydrogens is 194 g/mol. The van der Waals surface area contributed by atoms with Crippen LogP contribution in [0, 0.1) is 11.8 Å². The predicted molar refractivity (Wildman–Crippen MR) is 70.6 cm³/mol. The molecule has 1 nitrogen and oxygen atoms in total. The van der Waals surface area contributed by atoms with Gasteiger partial charge in [-0.05, 0) is 37.5 Å². The molecule has 94 valence electrons. The third-order valence-electron chi connectivity index (χ3n) is 4.81. The summed E-state index contributed by atoms with van der Waals surface area (Å²) >= 11 is 0. The summed E-state index contributed by atoms with van der Waals surface area (Å²) in [7, 11) is 0. The second-order valence-electron chi connectivity index (χ2n) is 5.98. The Bertz CT molecular complexity index is 200. The Balaban J connectivity index is 1.89. The Morgan fingerprint density at radius 1 is 0.938 bits per heavy atom. The normalized spacial score (nSPS) is 39.4. The number of nitrogens with one attached hydrogen (secondary N) is 1. The van der Waals surface area contributed by atoms with E-state index < -0.39 is 0 Å². The molecule has 0 amide bonds. The maximum absolute atomic E-state index is 3.94. The average Bonchev–Trinajstić information content (AvgIpc) is 2.30. The second-order valence-corrected chi connectivity index (χ2v) is 5.98. The SMILES string of the molecule is CCC[C@@H]1CC[C@H]2[C@@H](CCC)CCC[C@@H]2N1. The first-order valence-corrected chi connectivity index (χ1v) is 7.61. The topological polar surface area (TPSA) is 12.0 Å². The molecular formula is C15H29N. The summed E-state index contributed by atoms with van der Waals surface area (Å²) in [5.74, 6) is 2.06. The molecule has 1 saturated heterocycles. The molecule has 1 heteroatoms. The molecule has 2 fully saturated rings. The lowest BCUT2D eigenvalue weighted by atomic mass is 9.69. The van der Waals surface area contributed by atoms with Crippen LogP contribution in [-0.4, -0.2) is 12.1 Å². The van der Waals surface area contributed by atoms with E-state index in [2.05, 4.69) is 19.2 Å². The fourth-order valence-corrected chi connectivity index (χ4v) is 4.09. The molecule has 0 aromatic heterocycles. The van der Waals surface area contributed by atoms with Crippen LogP contribution in [0.4, 0.5) is 0 Å². The zero-order valence-corrected chi connectivity index (χ0v) is 11.2. The number of fused-ring (bicyclic) bond motifs is 1. The van der Waals surface area contributed by atoms with Crippen molar-refractivity contribution in [1.29, 1.82) is 0 Å². The van der Waals surface area contributed by atoms with E-state index in [9.17, 15) is 0 Å². The summed E-state index contributed by atoms with van der Waals surface area (Å²) < 4.78 is 0. The summed E-state index contributed by atoms with van der Waals surface area (Å²) in [6.45, 7) is 4.66. The number of hydrogen-bond acceptors (Lipinski definition) is 1. The van der Waals surface area contributed by atoms with Crippen LogP contribution in [0.15, 0.2) is 0 Å². The van der Waals surface area contributed by atoms with E-state index in [-0.39, 0.29) is 0 Å². The van der Waals surface area contributed by atoms with Crippen molar-refractivity contribution in [3.8, 4) is 0 Å². The Kier molecular flexibility index (Phi) is 4.69. The van der Waals surface area contributed by atoms with Crippen molar-refractivity contribution in [1.82, 2.24) is 5.32 Å². The highest BCUT2D eigenvalue weighted by Gasteiger charge is 2.36. The molecule has 0 bridgehead atoms. The van der Waals surface area contributed by atoms with Gasteiger partial charge in [0.25, 0.3) is 0 Å². The van der Waals surface area contributed by atoms with E-state index in [1.807, 2.05) is 0 Å². The van der Waals surface area contributed by atoms with Gasteiger partial charge in [-0.15, -0.1) is 0 Å². The molecule has 0 aromatic rings. The van der Waals surface area contributed by atoms with Crippen molar-refractivity contribution in [2.45, 2.75) is 83.7 Å². The molecule has 1 heterocycles. The lowest BCUT2D eigenvalue weighted by molar-refractivity contribution is 0.106. The maximum atomic E-state index is 3.94. The van der Waals surface area contributed by atoms with Gasteiger partial charge in [-0.3, -0.25) is 0 Å². The zero-order chi connectivity index (χ0) is 11.4. The van der Waals surface area contributed by atoms with Gasteiger partial charge in [0.2, 0.25) is 0 Å². The van der Waals surface area contributed by atoms with Crippen LogP contribution in [0.2, 0.25) is 0 Å². The smallest absolute Gasteiger partial charge is 0.0101 e. The highest BCUT2D eigenvalue weighted by atomic mass is 15.0. The Morgan fingerprint density at radius 2 is 1.75 bits per heavy atom. The largest absolute Gasteiger partial charge is 0.311 e. The van der Waals surface area contributed by atoms with Crippen LogP contribution in [0.25, 0.3) is 0 Å². The lowest BCUT2D eigenvalue weighted by Gasteiger charge is -2.45. The molecule has 0 radical (unpaired) electrons. The van der Waals surface area contributed by atoms with Gasteiger partial charge in [0.1, 0.15) is 0 Å². The Hall–Kier alpha value is -0.0400. The van der Waals surface area contributed by atoms with Gasteiger partial charge in [-0.1, -0.05) is 46.0 Å². The van der Waals surface area contributed by atoms with E-state index >= 15 is 0 Å². The van der Waals surface area contributed by atoms with Gasteiger partial charge in [-0.25, -0.2) is 0 Å². The summed E-state index contributed by atoms with van der Waals surface area (Å²) in [6.07, 6.45) is 13.0. The molecule has 4 atom stereocenters. The van der Waals surface area contributed by atoms with Crippen molar-refractivity contribution in [3.05, 3.63) is 0 Å². The first kappa shape index (κ1) is 12.4. The van der Waals surface area contributed by atoms with Gasteiger partial charge in [0.05, 0.1) is 0 Å². The van der Waals surface area contributed by atoms with E-state index in [0.29, 0.717) is 0 Å². The molecule has 0 unspecified atom stereocenters. The molecule has 0 aromatic carbocycles. The molecule has 2 aliphatic rings. The lowest BCUT2D eigenvalue weighted by Crippen LogP contribution is -2.51. The summed E-state index contributed by atoms with van der Waals surface area (Å²) in [5.41, 5.74) is 0. The quantitative estimate of drug-likeness (QED) is 0.756. The van der Waals surface area contributed by atoms with Gasteiger partial charge in [0, 0.05) is 12.1 Å². The zero-order valence-electron chi connectivity index (χ0n) is 11.2. The van der Waals surface area contributed by atoms with Crippen molar-refractivity contribution in [3.63, 3.8) is 0 Å². The van der Waals surface area contributed by atoms with Crippen molar-refractivity contribution >= 4 is 0 Å². The highest BCUT2D eigenvalue weighted by molar-refractivity contribution is 4.92. The van der Waals surface area contributed by atoms with Crippen LogP contribution in [0.3, 0.4) is 0 Å². The first-order chi connectivity index (χ1) is 7.85. The van der Waals surface area contributed by atoms with Crippen LogP contribution in [-0.2, 0) is 0 Å².